The maximum atomic E-state index is 13.3. The minimum atomic E-state index is -0.260. The van der Waals surface area contributed by atoms with Gasteiger partial charge in [-0.25, -0.2) is 9.37 Å². The van der Waals surface area contributed by atoms with Crippen molar-refractivity contribution in [3.8, 4) is 0 Å². The molecule has 1 N–H and O–H groups in total. The van der Waals surface area contributed by atoms with E-state index < -0.39 is 0 Å². The van der Waals surface area contributed by atoms with E-state index in [9.17, 15) is 4.39 Å². The third-order valence-electron chi connectivity index (χ3n) is 2.27. The minimum absolute atomic E-state index is 0.0334. The van der Waals surface area contributed by atoms with Crippen molar-refractivity contribution in [3.63, 3.8) is 0 Å². The van der Waals surface area contributed by atoms with Crippen LogP contribution in [0.4, 0.5) is 4.39 Å². The Bertz CT molecular complexity index is 468. The fourth-order valence-electron chi connectivity index (χ4n) is 1.46. The first-order valence-corrected chi connectivity index (χ1v) is 5.07. The van der Waals surface area contributed by atoms with Crippen molar-refractivity contribution in [2.24, 2.45) is 0 Å². The van der Waals surface area contributed by atoms with Gasteiger partial charge < -0.3 is 9.52 Å². The van der Waals surface area contributed by atoms with Crippen LogP contribution in [-0.4, -0.2) is 16.7 Å². The summed E-state index contributed by atoms with van der Waals surface area (Å²) in [4.78, 5) is 4.14. The van der Waals surface area contributed by atoms with E-state index in [0.29, 0.717) is 30.0 Å². The Morgan fingerprint density at radius 1 is 1.31 bits per heavy atom. The van der Waals surface area contributed by atoms with Crippen molar-refractivity contribution in [2.75, 3.05) is 6.61 Å². The Labute approximate surface area is 92.6 Å². The van der Waals surface area contributed by atoms with E-state index in [1.54, 1.807) is 18.2 Å². The van der Waals surface area contributed by atoms with Crippen LogP contribution in [0.2, 0.25) is 0 Å². The first-order valence-electron chi connectivity index (χ1n) is 5.07. The molecule has 16 heavy (non-hydrogen) atoms. The molecule has 84 valence electrons. The largest absolute Gasteiger partial charge is 0.448 e. The maximum absolute atomic E-state index is 13.3. The summed E-state index contributed by atoms with van der Waals surface area (Å²) >= 11 is 0. The zero-order chi connectivity index (χ0) is 11.4. The number of hydrogen-bond acceptors (Lipinski definition) is 3. The average molecular weight is 221 g/mol. The summed E-state index contributed by atoms with van der Waals surface area (Å²) < 4.78 is 18.5. The summed E-state index contributed by atoms with van der Waals surface area (Å²) in [6.07, 6.45) is 2.28. The van der Waals surface area contributed by atoms with Crippen LogP contribution in [0.1, 0.15) is 17.1 Å². The van der Waals surface area contributed by atoms with Gasteiger partial charge in [-0.05, 0) is 11.6 Å². The number of nitrogens with zero attached hydrogens (tertiary/aromatic N) is 1. The second-order valence-electron chi connectivity index (χ2n) is 3.47. The number of aliphatic hydroxyl groups excluding tert-OH is 1. The van der Waals surface area contributed by atoms with Crippen LogP contribution in [0.25, 0.3) is 0 Å². The van der Waals surface area contributed by atoms with Gasteiger partial charge in [-0.15, -0.1) is 0 Å². The third kappa shape index (κ3) is 2.46. The highest BCUT2D eigenvalue weighted by Crippen LogP contribution is 2.13. The molecule has 1 aromatic heterocycles. The van der Waals surface area contributed by atoms with Gasteiger partial charge in [0, 0.05) is 13.0 Å². The van der Waals surface area contributed by atoms with E-state index in [4.69, 9.17) is 9.52 Å². The lowest BCUT2D eigenvalue weighted by atomic mass is 10.1. The highest BCUT2D eigenvalue weighted by molar-refractivity contribution is 5.20. The van der Waals surface area contributed by atoms with Crippen LogP contribution in [0.5, 0.6) is 0 Å². The second kappa shape index (κ2) is 4.90. The molecule has 0 aliphatic rings. The molecule has 2 rings (SSSR count). The topological polar surface area (TPSA) is 46.3 Å². The molecule has 0 bridgehead atoms. The number of halogens is 1. The second-order valence-corrected chi connectivity index (χ2v) is 3.47. The number of hydrogen-bond donors (Lipinski definition) is 1. The van der Waals surface area contributed by atoms with Crippen LogP contribution in [0.15, 0.2) is 34.9 Å². The molecule has 3 nitrogen and oxygen atoms in total. The summed E-state index contributed by atoms with van der Waals surface area (Å²) in [6.45, 7) is 0.0334. The first-order chi connectivity index (χ1) is 7.79. The van der Waals surface area contributed by atoms with Gasteiger partial charge in [0.1, 0.15) is 12.1 Å². The molecule has 0 aliphatic heterocycles. The lowest BCUT2D eigenvalue weighted by Crippen LogP contribution is -1.94. The molecule has 0 fully saturated rings. The predicted octanol–water partition coefficient (Wildman–Crippen LogP) is 1.94. The molecule has 0 atom stereocenters. The Balaban J connectivity index is 2.11. The van der Waals surface area contributed by atoms with Gasteiger partial charge in [0.25, 0.3) is 0 Å². The maximum Gasteiger partial charge on any atom is 0.198 e. The van der Waals surface area contributed by atoms with E-state index in [0.717, 1.165) is 0 Å². The molecule has 0 saturated heterocycles. The Morgan fingerprint density at radius 2 is 2.12 bits per heavy atom. The number of benzene rings is 1. The van der Waals surface area contributed by atoms with Crippen molar-refractivity contribution in [1.82, 2.24) is 4.98 Å². The molecule has 1 heterocycles. The van der Waals surface area contributed by atoms with E-state index in [-0.39, 0.29) is 12.4 Å². The highest BCUT2D eigenvalue weighted by atomic mass is 19.1. The third-order valence-corrected chi connectivity index (χ3v) is 2.27. The summed E-state index contributed by atoms with van der Waals surface area (Å²) in [5.74, 6) is 0.206. The van der Waals surface area contributed by atoms with Gasteiger partial charge in [0.15, 0.2) is 5.89 Å². The molecular weight excluding hydrogens is 209 g/mol. The van der Waals surface area contributed by atoms with E-state index in [1.807, 2.05) is 0 Å². The van der Waals surface area contributed by atoms with Crippen molar-refractivity contribution in [3.05, 3.63) is 53.5 Å². The molecule has 1 aromatic carbocycles. The van der Waals surface area contributed by atoms with Crippen LogP contribution in [0.3, 0.4) is 0 Å². The number of rotatable bonds is 4. The minimum Gasteiger partial charge on any atom is -0.448 e. The van der Waals surface area contributed by atoms with Crippen molar-refractivity contribution < 1.29 is 13.9 Å². The summed E-state index contributed by atoms with van der Waals surface area (Å²) in [5, 5.41) is 8.72. The molecule has 2 aromatic rings. The van der Waals surface area contributed by atoms with Crippen molar-refractivity contribution in [1.29, 1.82) is 0 Å². The van der Waals surface area contributed by atoms with E-state index in [1.165, 1.54) is 12.3 Å². The fourth-order valence-corrected chi connectivity index (χ4v) is 1.46. The van der Waals surface area contributed by atoms with Crippen molar-refractivity contribution >= 4 is 0 Å². The normalized spacial score (nSPS) is 10.6. The zero-order valence-corrected chi connectivity index (χ0v) is 8.69. The quantitative estimate of drug-likeness (QED) is 0.858. The highest BCUT2D eigenvalue weighted by Gasteiger charge is 2.07. The van der Waals surface area contributed by atoms with Crippen molar-refractivity contribution in [2.45, 2.75) is 12.8 Å². The Morgan fingerprint density at radius 3 is 2.88 bits per heavy atom. The first kappa shape index (κ1) is 10.8. The van der Waals surface area contributed by atoms with Gasteiger partial charge in [0.05, 0.1) is 12.1 Å². The number of aromatic nitrogens is 1. The Hall–Kier alpha value is -1.68. The summed E-state index contributed by atoms with van der Waals surface area (Å²) in [6, 6.07) is 6.53. The Kier molecular flexibility index (Phi) is 3.31. The summed E-state index contributed by atoms with van der Waals surface area (Å²) in [7, 11) is 0. The monoisotopic (exact) mass is 221 g/mol. The number of aliphatic hydroxyl groups is 1. The van der Waals surface area contributed by atoms with Crippen LogP contribution < -0.4 is 0 Å². The van der Waals surface area contributed by atoms with Gasteiger partial charge in [-0.3, -0.25) is 0 Å². The molecule has 0 saturated carbocycles. The molecular formula is C12H12FNO2. The van der Waals surface area contributed by atoms with E-state index in [2.05, 4.69) is 4.98 Å². The predicted molar refractivity (Wildman–Crippen MR) is 56.5 cm³/mol. The smallest absolute Gasteiger partial charge is 0.198 e. The average Bonchev–Trinajstić information content (AvgIpc) is 2.70. The van der Waals surface area contributed by atoms with Crippen LogP contribution in [-0.2, 0) is 12.8 Å². The van der Waals surface area contributed by atoms with Gasteiger partial charge in [-0.1, -0.05) is 18.2 Å². The lowest BCUT2D eigenvalue weighted by Gasteiger charge is -1.98. The van der Waals surface area contributed by atoms with E-state index >= 15 is 0 Å². The van der Waals surface area contributed by atoms with Crippen LogP contribution in [0, 0.1) is 5.82 Å². The van der Waals surface area contributed by atoms with Gasteiger partial charge in [0.2, 0.25) is 0 Å². The standard InChI is InChI=1S/C12H12FNO2/c13-11-4-2-1-3-9(11)7-12-14-10(5-6-15)8-16-12/h1-4,8,15H,5-7H2. The molecule has 0 aliphatic carbocycles. The van der Waals surface area contributed by atoms with Gasteiger partial charge in [-0.2, -0.15) is 0 Å². The molecule has 0 amide bonds. The molecule has 0 spiro atoms. The zero-order valence-electron chi connectivity index (χ0n) is 8.69. The lowest BCUT2D eigenvalue weighted by molar-refractivity contribution is 0.298. The van der Waals surface area contributed by atoms with Gasteiger partial charge >= 0.3 is 0 Å². The fraction of sp³-hybridized carbons (Fsp3) is 0.250. The molecule has 0 radical (unpaired) electrons. The van der Waals surface area contributed by atoms with Crippen LogP contribution >= 0.6 is 0 Å². The molecule has 0 unspecified atom stereocenters. The molecule has 4 heteroatoms. The SMILES string of the molecule is OCCc1coc(Cc2ccccc2F)n1. The number of oxazole rings is 1. The summed E-state index contributed by atoms with van der Waals surface area (Å²) in [5.41, 5.74) is 1.24.